The maximum atomic E-state index is 13.5. The monoisotopic (exact) mass is 641 g/mol. The van der Waals surface area contributed by atoms with Gasteiger partial charge in [0.1, 0.15) is 0 Å². The first kappa shape index (κ1) is 34.7. The number of ether oxygens (including phenoxy) is 2. The predicted molar refractivity (Wildman–Crippen MR) is 142 cm³/mol. The van der Waals surface area contributed by atoms with E-state index in [2.05, 4.69) is 10.6 Å². The summed E-state index contributed by atoms with van der Waals surface area (Å²) in [5.41, 5.74) is 0.661. The van der Waals surface area contributed by atoms with E-state index in [0.717, 1.165) is 17.7 Å². The van der Waals surface area contributed by atoms with Crippen molar-refractivity contribution < 1.29 is 59.3 Å². The number of nitrogens with zero attached hydrogens (tertiary/aromatic N) is 1. The Morgan fingerprint density at radius 3 is 2.20 bits per heavy atom. The Hall–Kier alpha value is -3.82. The molecular weight excluding hydrogens is 610 g/mol. The fourth-order valence-corrected chi connectivity index (χ4v) is 5.72. The van der Waals surface area contributed by atoms with Crippen LogP contribution in [0.15, 0.2) is 36.4 Å². The van der Waals surface area contributed by atoms with Gasteiger partial charge >= 0.3 is 24.4 Å². The summed E-state index contributed by atoms with van der Waals surface area (Å²) < 4.78 is 108. The number of nitrogens with one attached hydrogen (secondary N) is 2. The van der Waals surface area contributed by atoms with Crippen LogP contribution in [0.3, 0.4) is 0 Å². The summed E-state index contributed by atoms with van der Waals surface area (Å²) in [4.78, 5) is 23.3. The highest BCUT2D eigenvalue weighted by Gasteiger charge is 2.52. The molecule has 244 valence electrons. The summed E-state index contributed by atoms with van der Waals surface area (Å²) in [6.07, 6.45) is -7.91. The van der Waals surface area contributed by atoms with Crippen LogP contribution in [0.4, 0.5) is 45.6 Å². The highest BCUT2D eigenvalue weighted by molar-refractivity contribution is 5.89. The summed E-state index contributed by atoms with van der Waals surface area (Å²) in [7, 11) is 3.07. The van der Waals surface area contributed by atoms with Crippen LogP contribution in [0.5, 0.6) is 11.5 Å². The van der Waals surface area contributed by atoms with Gasteiger partial charge in [0, 0.05) is 35.8 Å². The molecule has 2 amide bonds. The Bertz CT molecular complexity index is 1320. The predicted octanol–water partition coefficient (Wildman–Crippen LogP) is 6.25. The number of aliphatic carboxylic acids is 1. The number of carboxylic acid groups (broad SMARTS) is 1. The number of anilines is 1. The number of carboxylic acids is 1. The van der Waals surface area contributed by atoms with Crippen molar-refractivity contribution >= 4 is 17.7 Å². The molecule has 1 saturated carbocycles. The minimum atomic E-state index is -5.08. The Balaban J connectivity index is 0.000000676. The zero-order valence-electron chi connectivity index (χ0n) is 23.6. The molecule has 2 aliphatic rings. The molecule has 4 rings (SSSR count). The molecule has 3 N–H and O–H groups in total. The topological polar surface area (TPSA) is 100 Å². The number of methoxy groups -OCH3 is 2. The van der Waals surface area contributed by atoms with Crippen molar-refractivity contribution in [1.82, 2.24) is 10.2 Å². The van der Waals surface area contributed by atoms with E-state index in [1.54, 1.807) is 6.07 Å². The van der Waals surface area contributed by atoms with Crippen molar-refractivity contribution in [1.29, 1.82) is 0 Å². The minimum absolute atomic E-state index is 0.0968. The number of carbonyl (C=O) groups is 2. The van der Waals surface area contributed by atoms with Crippen molar-refractivity contribution in [2.45, 2.75) is 62.0 Å². The number of benzene rings is 2. The van der Waals surface area contributed by atoms with Crippen LogP contribution >= 0.6 is 0 Å². The van der Waals surface area contributed by atoms with E-state index in [4.69, 9.17) is 19.4 Å². The molecule has 2 aromatic carbocycles. The Morgan fingerprint density at radius 1 is 0.977 bits per heavy atom. The first-order chi connectivity index (χ1) is 20.5. The maximum absolute atomic E-state index is 13.5. The van der Waals surface area contributed by atoms with Crippen molar-refractivity contribution in [2.24, 2.45) is 0 Å². The third kappa shape index (κ3) is 8.64. The number of alkyl halides is 6. The standard InChI is InChI=1S/C26H30F5N3O3.C2HF3O2/c1-36-21-6-3-16(13-22(21)37-2)25-8-7-18(15-23(25)34(11-9-25)12-10-26(29,30)31)33-24(35)32-17-4-5-19(27)20(28)14-17;3-2(4,5)1(6)7/h3-6,13-14,18,23H,7-12,15H2,1-2H3,(H2,32,33,35);(H,6,7). The molecule has 3 unspecified atom stereocenters. The van der Waals surface area contributed by atoms with Crippen molar-refractivity contribution in [3.05, 3.63) is 53.6 Å². The summed E-state index contributed by atoms with van der Waals surface area (Å²) in [5.74, 6) is -3.75. The lowest BCUT2D eigenvalue weighted by Crippen LogP contribution is -2.53. The van der Waals surface area contributed by atoms with Crippen molar-refractivity contribution in [3.8, 4) is 11.5 Å². The average molecular weight is 642 g/mol. The largest absolute Gasteiger partial charge is 0.493 e. The number of hydrogen-bond acceptors (Lipinski definition) is 5. The molecule has 2 aromatic rings. The second-order valence-corrected chi connectivity index (χ2v) is 10.4. The van der Waals surface area contributed by atoms with Crippen LogP contribution in [0.1, 0.15) is 37.7 Å². The van der Waals surface area contributed by atoms with Gasteiger partial charge in [0.25, 0.3) is 0 Å². The van der Waals surface area contributed by atoms with Crippen molar-refractivity contribution in [3.63, 3.8) is 0 Å². The van der Waals surface area contributed by atoms with Gasteiger partial charge in [0.15, 0.2) is 23.1 Å². The fourth-order valence-electron chi connectivity index (χ4n) is 5.72. The number of fused-ring (bicyclic) bond motifs is 1. The number of halogens is 8. The quantitative estimate of drug-likeness (QED) is 0.309. The lowest BCUT2D eigenvalue weighted by Gasteiger charge is -2.45. The molecule has 0 bridgehead atoms. The number of amides is 2. The van der Waals surface area contributed by atoms with Gasteiger partial charge in [-0.1, -0.05) is 6.07 Å². The maximum Gasteiger partial charge on any atom is 0.490 e. The molecule has 3 atom stereocenters. The van der Waals surface area contributed by atoms with Crippen molar-refractivity contribution in [2.75, 3.05) is 32.6 Å². The van der Waals surface area contributed by atoms with Gasteiger partial charge in [-0.05, 0) is 62.1 Å². The van der Waals surface area contributed by atoms with E-state index in [-0.39, 0.29) is 24.3 Å². The molecule has 1 heterocycles. The molecule has 2 fully saturated rings. The number of carbonyl (C=O) groups excluding carboxylic acids is 1. The summed E-state index contributed by atoms with van der Waals surface area (Å²) >= 11 is 0. The molecule has 1 aliphatic carbocycles. The molecule has 44 heavy (non-hydrogen) atoms. The van der Waals surface area contributed by atoms with Crippen LogP contribution in [-0.4, -0.2) is 73.8 Å². The molecular formula is C28H31F8N3O5. The second kappa shape index (κ2) is 13.9. The van der Waals surface area contributed by atoms with E-state index in [1.807, 2.05) is 17.0 Å². The molecule has 1 aliphatic heterocycles. The van der Waals surface area contributed by atoms with Gasteiger partial charge in [-0.15, -0.1) is 0 Å². The normalized spacial score (nSPS) is 21.9. The molecule has 8 nitrogen and oxygen atoms in total. The molecule has 16 heteroatoms. The first-order valence-corrected chi connectivity index (χ1v) is 13.3. The van der Waals surface area contributed by atoms with E-state index in [0.29, 0.717) is 43.7 Å². The number of rotatable bonds is 7. The van der Waals surface area contributed by atoms with Gasteiger partial charge in [-0.2, -0.15) is 26.3 Å². The van der Waals surface area contributed by atoms with E-state index in [9.17, 15) is 39.9 Å². The molecule has 1 saturated heterocycles. The molecule has 0 radical (unpaired) electrons. The SMILES string of the molecule is COc1ccc(C23CCC(NC(=O)Nc4ccc(F)c(F)c4)CC2N(CCC(F)(F)F)CC3)cc1OC.O=C(O)C(F)(F)F. The van der Waals surface area contributed by atoms with E-state index >= 15 is 0 Å². The van der Waals surface area contributed by atoms with Gasteiger partial charge in [-0.3, -0.25) is 4.90 Å². The van der Waals surface area contributed by atoms with Crippen LogP contribution < -0.4 is 20.1 Å². The van der Waals surface area contributed by atoms with Crippen LogP contribution in [0, 0.1) is 11.6 Å². The zero-order chi connectivity index (χ0) is 32.9. The fraction of sp³-hybridized carbons (Fsp3) is 0.500. The summed E-state index contributed by atoms with van der Waals surface area (Å²) in [6, 6.07) is 7.54. The summed E-state index contributed by atoms with van der Waals surface area (Å²) in [5, 5.41) is 12.5. The van der Waals surface area contributed by atoms with Crippen LogP contribution in [0.2, 0.25) is 0 Å². The van der Waals surface area contributed by atoms with Crippen LogP contribution in [0.25, 0.3) is 0 Å². The van der Waals surface area contributed by atoms with E-state index in [1.165, 1.54) is 20.3 Å². The molecule has 0 aromatic heterocycles. The van der Waals surface area contributed by atoms with Gasteiger partial charge < -0.3 is 25.2 Å². The van der Waals surface area contributed by atoms with Gasteiger partial charge in [0.05, 0.1) is 20.6 Å². The number of likely N-dealkylation sites (tertiary alicyclic amines) is 1. The lowest BCUT2D eigenvalue weighted by atomic mass is 9.65. The highest BCUT2D eigenvalue weighted by Crippen LogP contribution is 2.50. The Labute approximate surface area is 247 Å². The highest BCUT2D eigenvalue weighted by atomic mass is 19.4. The van der Waals surface area contributed by atoms with Gasteiger partial charge in [-0.25, -0.2) is 18.4 Å². The lowest BCUT2D eigenvalue weighted by molar-refractivity contribution is -0.192. The zero-order valence-corrected chi connectivity index (χ0v) is 23.6. The van der Waals surface area contributed by atoms with E-state index < -0.39 is 47.8 Å². The average Bonchev–Trinajstić information content (AvgIpc) is 3.32. The minimum Gasteiger partial charge on any atom is -0.493 e. The smallest absolute Gasteiger partial charge is 0.490 e. The number of hydrogen-bond donors (Lipinski definition) is 3. The second-order valence-electron chi connectivity index (χ2n) is 10.4. The Morgan fingerprint density at radius 2 is 1.64 bits per heavy atom. The first-order valence-electron chi connectivity index (χ1n) is 13.3. The summed E-state index contributed by atoms with van der Waals surface area (Å²) in [6.45, 7) is 0.375. The molecule has 0 spiro atoms. The van der Waals surface area contributed by atoms with Gasteiger partial charge in [0.2, 0.25) is 0 Å². The van der Waals surface area contributed by atoms with Crippen LogP contribution in [-0.2, 0) is 10.2 Å². The third-order valence-electron chi connectivity index (χ3n) is 7.77. The Kier molecular flexibility index (Phi) is 10.9. The third-order valence-corrected chi connectivity index (χ3v) is 7.77. The number of urea groups is 1.